The molecule has 1 aromatic carbocycles. The highest BCUT2D eigenvalue weighted by molar-refractivity contribution is 5.76. The highest BCUT2D eigenvalue weighted by atomic mass is 16.2. The topological polar surface area (TPSA) is 56.1 Å². The van der Waals surface area contributed by atoms with Gasteiger partial charge in [0, 0.05) is 32.6 Å². The molecule has 1 aliphatic heterocycles. The van der Waals surface area contributed by atoms with Gasteiger partial charge in [0.1, 0.15) is 0 Å². The standard InChI is InChI=1S/C14H17N3O/c1-17-10-13(6-7-14(17)18)16-9-12-4-2-11(8-15)3-5-12/h2-5,13,16H,6-7,9-10H2,1H3. The predicted molar refractivity (Wildman–Crippen MR) is 68.7 cm³/mol. The zero-order valence-corrected chi connectivity index (χ0v) is 10.5. The van der Waals surface area contributed by atoms with Crippen molar-refractivity contribution >= 4 is 5.91 Å². The lowest BCUT2D eigenvalue weighted by molar-refractivity contribution is -0.132. The summed E-state index contributed by atoms with van der Waals surface area (Å²) < 4.78 is 0. The number of nitrogens with zero attached hydrogens (tertiary/aromatic N) is 2. The van der Waals surface area contributed by atoms with E-state index in [1.807, 2.05) is 31.3 Å². The number of likely N-dealkylation sites (tertiary alicyclic amines) is 1. The minimum absolute atomic E-state index is 0.228. The van der Waals surface area contributed by atoms with Crippen LogP contribution in [-0.2, 0) is 11.3 Å². The zero-order chi connectivity index (χ0) is 13.0. The Morgan fingerprint density at radius 3 is 2.78 bits per heavy atom. The molecule has 1 saturated heterocycles. The molecule has 0 saturated carbocycles. The Balaban J connectivity index is 1.84. The predicted octanol–water partition coefficient (Wildman–Crippen LogP) is 1.27. The molecule has 0 spiro atoms. The molecule has 1 amide bonds. The highest BCUT2D eigenvalue weighted by Gasteiger charge is 2.21. The van der Waals surface area contributed by atoms with E-state index in [2.05, 4.69) is 11.4 Å². The van der Waals surface area contributed by atoms with E-state index in [1.165, 1.54) is 0 Å². The minimum Gasteiger partial charge on any atom is -0.344 e. The number of rotatable bonds is 3. The number of hydrogen-bond acceptors (Lipinski definition) is 3. The van der Waals surface area contributed by atoms with Crippen LogP contribution in [-0.4, -0.2) is 30.4 Å². The number of hydrogen-bond donors (Lipinski definition) is 1. The van der Waals surface area contributed by atoms with E-state index < -0.39 is 0 Å². The number of nitrogens with one attached hydrogen (secondary N) is 1. The van der Waals surface area contributed by atoms with Gasteiger partial charge in [0.15, 0.2) is 0 Å². The van der Waals surface area contributed by atoms with E-state index in [9.17, 15) is 4.79 Å². The number of carbonyl (C=O) groups is 1. The molecule has 2 rings (SSSR count). The van der Waals surface area contributed by atoms with Crippen LogP contribution >= 0.6 is 0 Å². The number of likely N-dealkylation sites (N-methyl/N-ethyl adjacent to an activating group) is 1. The van der Waals surface area contributed by atoms with Gasteiger partial charge in [-0.25, -0.2) is 0 Å². The zero-order valence-electron chi connectivity index (χ0n) is 10.5. The van der Waals surface area contributed by atoms with Crippen molar-refractivity contribution in [2.75, 3.05) is 13.6 Å². The summed E-state index contributed by atoms with van der Waals surface area (Å²) in [7, 11) is 1.85. The molecule has 1 fully saturated rings. The Hall–Kier alpha value is -1.86. The van der Waals surface area contributed by atoms with Crippen molar-refractivity contribution in [3.8, 4) is 6.07 Å². The molecule has 0 bridgehead atoms. The van der Waals surface area contributed by atoms with Gasteiger partial charge in [0.05, 0.1) is 11.6 Å². The number of carbonyl (C=O) groups excluding carboxylic acids is 1. The van der Waals surface area contributed by atoms with Crippen LogP contribution in [0.5, 0.6) is 0 Å². The van der Waals surface area contributed by atoms with Crippen molar-refractivity contribution in [3.63, 3.8) is 0 Å². The van der Waals surface area contributed by atoms with E-state index in [-0.39, 0.29) is 5.91 Å². The average Bonchev–Trinajstić information content (AvgIpc) is 2.41. The van der Waals surface area contributed by atoms with Crippen molar-refractivity contribution in [3.05, 3.63) is 35.4 Å². The van der Waals surface area contributed by atoms with Crippen LogP contribution in [0.25, 0.3) is 0 Å². The second kappa shape index (κ2) is 5.65. The molecule has 18 heavy (non-hydrogen) atoms. The van der Waals surface area contributed by atoms with Crippen LogP contribution in [0.4, 0.5) is 0 Å². The van der Waals surface area contributed by atoms with Gasteiger partial charge in [-0.2, -0.15) is 5.26 Å². The van der Waals surface area contributed by atoms with Crippen molar-refractivity contribution in [1.29, 1.82) is 5.26 Å². The molecule has 1 unspecified atom stereocenters. The van der Waals surface area contributed by atoms with Gasteiger partial charge >= 0.3 is 0 Å². The first-order valence-corrected chi connectivity index (χ1v) is 6.15. The van der Waals surface area contributed by atoms with Gasteiger partial charge in [-0.1, -0.05) is 12.1 Å². The van der Waals surface area contributed by atoms with Crippen LogP contribution in [0, 0.1) is 11.3 Å². The third-order valence-electron chi connectivity index (χ3n) is 3.30. The summed E-state index contributed by atoms with van der Waals surface area (Å²) >= 11 is 0. The average molecular weight is 243 g/mol. The van der Waals surface area contributed by atoms with Crippen LogP contribution < -0.4 is 5.32 Å². The second-order valence-electron chi connectivity index (χ2n) is 4.70. The fourth-order valence-electron chi connectivity index (χ4n) is 2.14. The van der Waals surface area contributed by atoms with Crippen molar-refractivity contribution in [2.24, 2.45) is 0 Å². The van der Waals surface area contributed by atoms with Crippen LogP contribution in [0.15, 0.2) is 24.3 Å². The molecule has 1 aromatic rings. The molecule has 1 N–H and O–H groups in total. The normalized spacial score (nSPS) is 19.7. The van der Waals surface area contributed by atoms with Crippen molar-refractivity contribution < 1.29 is 4.79 Å². The summed E-state index contributed by atoms with van der Waals surface area (Å²) in [6.45, 7) is 1.55. The Bertz CT molecular complexity index is 461. The maximum absolute atomic E-state index is 11.4. The summed E-state index contributed by atoms with van der Waals surface area (Å²) in [6.07, 6.45) is 1.53. The fraction of sp³-hybridized carbons (Fsp3) is 0.429. The maximum atomic E-state index is 11.4. The fourth-order valence-corrected chi connectivity index (χ4v) is 2.14. The maximum Gasteiger partial charge on any atom is 0.222 e. The molecule has 4 nitrogen and oxygen atoms in total. The number of piperidine rings is 1. The van der Waals surface area contributed by atoms with Gasteiger partial charge in [0.25, 0.3) is 0 Å². The van der Waals surface area contributed by atoms with Gasteiger partial charge in [-0.15, -0.1) is 0 Å². The largest absolute Gasteiger partial charge is 0.344 e. The third kappa shape index (κ3) is 3.08. The van der Waals surface area contributed by atoms with E-state index in [4.69, 9.17) is 5.26 Å². The van der Waals surface area contributed by atoms with Crippen molar-refractivity contribution in [2.45, 2.75) is 25.4 Å². The quantitative estimate of drug-likeness (QED) is 0.869. The lowest BCUT2D eigenvalue weighted by Gasteiger charge is -2.30. The molecular formula is C14H17N3O. The molecular weight excluding hydrogens is 226 g/mol. The highest BCUT2D eigenvalue weighted by Crippen LogP contribution is 2.11. The van der Waals surface area contributed by atoms with Crippen molar-refractivity contribution in [1.82, 2.24) is 10.2 Å². The summed E-state index contributed by atoms with van der Waals surface area (Å²) in [5, 5.41) is 12.2. The first kappa shape index (κ1) is 12.6. The van der Waals surface area contributed by atoms with Crippen LogP contribution in [0.1, 0.15) is 24.0 Å². The Morgan fingerprint density at radius 2 is 2.17 bits per heavy atom. The second-order valence-corrected chi connectivity index (χ2v) is 4.70. The molecule has 1 aliphatic rings. The minimum atomic E-state index is 0.228. The lowest BCUT2D eigenvalue weighted by atomic mass is 10.1. The molecule has 1 heterocycles. The molecule has 0 aliphatic carbocycles. The molecule has 4 heteroatoms. The summed E-state index contributed by atoms with van der Waals surface area (Å²) in [6, 6.07) is 10.0. The number of benzene rings is 1. The Morgan fingerprint density at radius 1 is 1.44 bits per heavy atom. The van der Waals surface area contributed by atoms with Gasteiger partial charge < -0.3 is 10.2 Å². The lowest BCUT2D eigenvalue weighted by Crippen LogP contribution is -2.46. The van der Waals surface area contributed by atoms with E-state index >= 15 is 0 Å². The monoisotopic (exact) mass is 243 g/mol. The van der Waals surface area contributed by atoms with Crippen LogP contribution in [0.3, 0.4) is 0 Å². The van der Waals surface area contributed by atoms with E-state index in [0.717, 1.165) is 25.1 Å². The third-order valence-corrected chi connectivity index (χ3v) is 3.30. The molecule has 94 valence electrons. The summed E-state index contributed by atoms with van der Waals surface area (Å²) in [5.74, 6) is 0.228. The Kier molecular flexibility index (Phi) is 3.96. The summed E-state index contributed by atoms with van der Waals surface area (Å²) in [4.78, 5) is 13.1. The van der Waals surface area contributed by atoms with Crippen LogP contribution in [0.2, 0.25) is 0 Å². The van der Waals surface area contributed by atoms with Gasteiger partial charge in [-0.3, -0.25) is 4.79 Å². The smallest absolute Gasteiger partial charge is 0.222 e. The Labute approximate surface area is 107 Å². The first-order chi connectivity index (χ1) is 8.69. The van der Waals surface area contributed by atoms with E-state index in [1.54, 1.807) is 4.90 Å². The van der Waals surface area contributed by atoms with E-state index in [0.29, 0.717) is 18.0 Å². The molecule has 0 radical (unpaired) electrons. The summed E-state index contributed by atoms with van der Waals surface area (Å²) in [5.41, 5.74) is 1.84. The van der Waals surface area contributed by atoms with Gasteiger partial charge in [-0.05, 0) is 24.1 Å². The SMILES string of the molecule is CN1CC(NCc2ccc(C#N)cc2)CCC1=O. The number of nitriles is 1. The molecule has 0 aromatic heterocycles. The number of amides is 1. The molecule has 1 atom stereocenters. The van der Waals surface area contributed by atoms with Gasteiger partial charge in [0.2, 0.25) is 5.91 Å². The first-order valence-electron chi connectivity index (χ1n) is 6.15.